The molecule has 1 aromatic carbocycles. The highest BCUT2D eigenvalue weighted by atomic mass is 19.1. The van der Waals surface area contributed by atoms with Gasteiger partial charge in [-0.2, -0.15) is 0 Å². The van der Waals surface area contributed by atoms with Gasteiger partial charge in [-0.15, -0.1) is 0 Å². The van der Waals surface area contributed by atoms with Gasteiger partial charge in [0, 0.05) is 18.3 Å². The fourth-order valence-electron chi connectivity index (χ4n) is 1.47. The number of hydrogen-bond acceptors (Lipinski definition) is 4. The summed E-state index contributed by atoms with van der Waals surface area (Å²) in [6.07, 6.45) is 0. The molecule has 1 aliphatic heterocycles. The zero-order chi connectivity index (χ0) is 11.4. The lowest BCUT2D eigenvalue weighted by Crippen LogP contribution is -2.26. The van der Waals surface area contributed by atoms with E-state index in [9.17, 15) is 4.39 Å². The van der Waals surface area contributed by atoms with E-state index in [0.717, 1.165) is 13.1 Å². The third kappa shape index (κ3) is 2.42. The van der Waals surface area contributed by atoms with Gasteiger partial charge in [0.25, 0.3) is 0 Å². The first-order chi connectivity index (χ1) is 7.79. The summed E-state index contributed by atoms with van der Waals surface area (Å²) in [6, 6.07) is 4.76. The maximum Gasteiger partial charge on any atom is 0.195 e. The number of rotatable bonds is 3. The van der Waals surface area contributed by atoms with E-state index in [1.807, 2.05) is 6.92 Å². The summed E-state index contributed by atoms with van der Waals surface area (Å²) < 4.78 is 18.6. The van der Waals surface area contributed by atoms with E-state index in [0.29, 0.717) is 18.3 Å². The van der Waals surface area contributed by atoms with E-state index in [4.69, 9.17) is 4.74 Å². The first-order valence-electron chi connectivity index (χ1n) is 5.27. The lowest BCUT2D eigenvalue weighted by molar-refractivity contribution is 0.321. The van der Waals surface area contributed by atoms with Crippen LogP contribution in [0, 0.1) is 5.82 Å². The number of ether oxygens (including phenoxy) is 1. The number of hydrogen-bond donors (Lipinski definition) is 2. The molecule has 1 aromatic rings. The number of anilines is 1. The van der Waals surface area contributed by atoms with Gasteiger partial charge < -0.3 is 15.4 Å². The third-order valence-electron chi connectivity index (χ3n) is 2.17. The standard InChI is InChI=1S/C11H14FN3O/c1-2-16-10-4-3-8(7-9(10)12)15-11-13-5-6-14-11/h3-4,7H,2,5-6H2,1H3,(H2,13,14,15). The molecule has 2 rings (SSSR count). The molecule has 0 spiro atoms. The van der Waals surface area contributed by atoms with Crippen LogP contribution in [0.25, 0.3) is 0 Å². The van der Waals surface area contributed by atoms with Crippen molar-refractivity contribution in [2.75, 3.05) is 25.0 Å². The fourth-order valence-corrected chi connectivity index (χ4v) is 1.47. The minimum absolute atomic E-state index is 0.273. The van der Waals surface area contributed by atoms with Crippen LogP contribution in [0.5, 0.6) is 5.75 Å². The van der Waals surface area contributed by atoms with Gasteiger partial charge in [0.1, 0.15) is 0 Å². The number of nitrogens with one attached hydrogen (secondary N) is 2. The maximum absolute atomic E-state index is 13.5. The van der Waals surface area contributed by atoms with Crippen molar-refractivity contribution < 1.29 is 9.13 Å². The van der Waals surface area contributed by atoms with Crippen molar-refractivity contribution in [3.8, 4) is 5.75 Å². The number of halogens is 1. The molecule has 0 amide bonds. The maximum atomic E-state index is 13.5. The van der Waals surface area contributed by atoms with Crippen LogP contribution in [0.3, 0.4) is 0 Å². The average molecular weight is 223 g/mol. The molecular formula is C11H14FN3O. The van der Waals surface area contributed by atoms with Crippen molar-refractivity contribution in [1.82, 2.24) is 5.32 Å². The van der Waals surface area contributed by atoms with Crippen LogP contribution in [0.1, 0.15) is 6.92 Å². The van der Waals surface area contributed by atoms with Gasteiger partial charge in [-0.25, -0.2) is 4.39 Å². The van der Waals surface area contributed by atoms with Crippen molar-refractivity contribution in [2.24, 2.45) is 4.99 Å². The molecule has 0 saturated carbocycles. The molecule has 0 fully saturated rings. The molecular weight excluding hydrogens is 209 g/mol. The average Bonchev–Trinajstić information content (AvgIpc) is 2.75. The minimum Gasteiger partial charge on any atom is -0.491 e. The highest BCUT2D eigenvalue weighted by Crippen LogP contribution is 2.21. The molecule has 0 unspecified atom stereocenters. The monoisotopic (exact) mass is 223 g/mol. The second kappa shape index (κ2) is 4.83. The summed E-state index contributed by atoms with van der Waals surface area (Å²) in [5.74, 6) is 0.586. The highest BCUT2D eigenvalue weighted by Gasteiger charge is 2.07. The van der Waals surface area contributed by atoms with E-state index >= 15 is 0 Å². The van der Waals surface area contributed by atoms with Crippen LogP contribution in [0.15, 0.2) is 23.2 Å². The summed E-state index contributed by atoms with van der Waals surface area (Å²) in [5.41, 5.74) is 0.661. The molecule has 5 heteroatoms. The van der Waals surface area contributed by atoms with E-state index in [1.54, 1.807) is 12.1 Å². The molecule has 0 aromatic heterocycles. The second-order valence-corrected chi connectivity index (χ2v) is 3.36. The van der Waals surface area contributed by atoms with E-state index in [1.165, 1.54) is 6.07 Å². The molecule has 16 heavy (non-hydrogen) atoms. The Morgan fingerprint density at radius 2 is 2.44 bits per heavy atom. The number of nitrogens with zero attached hydrogens (tertiary/aromatic N) is 1. The molecule has 1 aliphatic rings. The summed E-state index contributed by atoms with van der Waals surface area (Å²) in [6.45, 7) is 3.85. The first-order valence-corrected chi connectivity index (χ1v) is 5.27. The Bertz CT molecular complexity index is 406. The van der Waals surface area contributed by atoms with E-state index in [-0.39, 0.29) is 11.6 Å². The van der Waals surface area contributed by atoms with Crippen LogP contribution in [0.2, 0.25) is 0 Å². The van der Waals surface area contributed by atoms with Crippen LogP contribution in [-0.2, 0) is 0 Å². The smallest absolute Gasteiger partial charge is 0.195 e. The lowest BCUT2D eigenvalue weighted by Gasteiger charge is -2.09. The van der Waals surface area contributed by atoms with Gasteiger partial charge in [-0.1, -0.05) is 0 Å². The Balaban J connectivity index is 2.08. The van der Waals surface area contributed by atoms with Crippen LogP contribution < -0.4 is 15.4 Å². The Morgan fingerprint density at radius 1 is 1.56 bits per heavy atom. The molecule has 0 atom stereocenters. The Labute approximate surface area is 93.5 Å². The normalized spacial score (nSPS) is 14.2. The molecule has 0 aliphatic carbocycles. The molecule has 0 radical (unpaired) electrons. The van der Waals surface area contributed by atoms with Crippen molar-refractivity contribution in [3.63, 3.8) is 0 Å². The summed E-state index contributed by atoms with van der Waals surface area (Å²) >= 11 is 0. The fraction of sp³-hybridized carbons (Fsp3) is 0.364. The van der Waals surface area contributed by atoms with E-state index in [2.05, 4.69) is 15.6 Å². The third-order valence-corrected chi connectivity index (χ3v) is 2.17. The molecule has 2 N–H and O–H groups in total. The molecule has 0 bridgehead atoms. The largest absolute Gasteiger partial charge is 0.491 e. The van der Waals surface area contributed by atoms with Gasteiger partial charge >= 0.3 is 0 Å². The number of guanidine groups is 1. The topological polar surface area (TPSA) is 45.6 Å². The summed E-state index contributed by atoms with van der Waals surface area (Å²) in [5, 5.41) is 6.04. The molecule has 1 heterocycles. The zero-order valence-electron chi connectivity index (χ0n) is 9.09. The van der Waals surface area contributed by atoms with Crippen LogP contribution in [-0.4, -0.2) is 25.7 Å². The van der Waals surface area contributed by atoms with Gasteiger partial charge in [-0.3, -0.25) is 4.99 Å². The minimum atomic E-state index is -0.370. The number of aliphatic imine (C=N–C) groups is 1. The van der Waals surface area contributed by atoms with Gasteiger partial charge in [0.2, 0.25) is 0 Å². The Hall–Kier alpha value is -1.78. The molecule has 86 valence electrons. The second-order valence-electron chi connectivity index (χ2n) is 3.36. The lowest BCUT2D eigenvalue weighted by atomic mass is 10.3. The zero-order valence-corrected chi connectivity index (χ0v) is 9.09. The highest BCUT2D eigenvalue weighted by molar-refractivity contribution is 5.94. The quantitative estimate of drug-likeness (QED) is 0.818. The van der Waals surface area contributed by atoms with Crippen molar-refractivity contribution >= 4 is 11.6 Å². The van der Waals surface area contributed by atoms with Crippen LogP contribution in [0.4, 0.5) is 10.1 Å². The summed E-state index contributed by atoms with van der Waals surface area (Å²) in [7, 11) is 0. The van der Waals surface area contributed by atoms with Crippen molar-refractivity contribution in [2.45, 2.75) is 6.92 Å². The number of benzene rings is 1. The first kappa shape index (κ1) is 10.7. The summed E-state index contributed by atoms with van der Waals surface area (Å²) in [4.78, 5) is 4.16. The van der Waals surface area contributed by atoms with Gasteiger partial charge in [-0.05, 0) is 19.1 Å². The van der Waals surface area contributed by atoms with Crippen molar-refractivity contribution in [1.29, 1.82) is 0 Å². The van der Waals surface area contributed by atoms with Crippen molar-refractivity contribution in [3.05, 3.63) is 24.0 Å². The van der Waals surface area contributed by atoms with Gasteiger partial charge in [0.15, 0.2) is 17.5 Å². The predicted molar refractivity (Wildman–Crippen MR) is 61.5 cm³/mol. The molecule has 4 nitrogen and oxygen atoms in total. The predicted octanol–water partition coefficient (Wildman–Crippen LogP) is 1.60. The Kier molecular flexibility index (Phi) is 3.24. The molecule has 0 saturated heterocycles. The van der Waals surface area contributed by atoms with E-state index < -0.39 is 0 Å². The Morgan fingerprint density at radius 3 is 3.06 bits per heavy atom. The van der Waals surface area contributed by atoms with Crippen LogP contribution >= 0.6 is 0 Å². The van der Waals surface area contributed by atoms with Gasteiger partial charge in [0.05, 0.1) is 13.2 Å². The SMILES string of the molecule is CCOc1ccc(NC2=NCCN2)cc1F.